The molecule has 0 aliphatic heterocycles. The highest BCUT2D eigenvalue weighted by Gasteiger charge is 2.08. The average molecular weight is 592 g/mol. The third-order valence-electron chi connectivity index (χ3n) is 5.37. The second-order valence-corrected chi connectivity index (χ2v) is 10.0. The monoisotopic (exact) mass is 591 g/mol. The maximum absolute atomic E-state index is 10.9. The van der Waals surface area contributed by atoms with Crippen LogP contribution in [0.3, 0.4) is 0 Å². The van der Waals surface area contributed by atoms with Crippen molar-refractivity contribution in [2.45, 2.75) is 53.0 Å². The van der Waals surface area contributed by atoms with E-state index in [9.17, 15) is 4.79 Å². The number of benzene rings is 3. The number of carbonyl (C=O) groups excluding carboxylic acids is 1. The van der Waals surface area contributed by atoms with Crippen molar-refractivity contribution in [1.82, 2.24) is 4.90 Å². The van der Waals surface area contributed by atoms with Crippen molar-refractivity contribution >= 4 is 47.3 Å². The van der Waals surface area contributed by atoms with Crippen LogP contribution in [0.1, 0.15) is 49.9 Å². The fraction of sp³-hybridized carbons (Fsp3) is 0.303. The zero-order valence-corrected chi connectivity index (χ0v) is 27.3. The fourth-order valence-corrected chi connectivity index (χ4v) is 4.11. The molecule has 0 saturated carbocycles. The first kappa shape index (κ1) is 37.3. The molecule has 0 heterocycles. The molecule has 0 fully saturated rings. The predicted molar refractivity (Wildman–Crippen MR) is 182 cm³/mol. The summed E-state index contributed by atoms with van der Waals surface area (Å²) in [7, 11) is 4.06. The maximum Gasteiger partial charge on any atom is 0.216 e. The molecule has 1 amide bonds. The van der Waals surface area contributed by atoms with E-state index >= 15 is 0 Å². The molecule has 2 N–H and O–H groups in total. The van der Waals surface area contributed by atoms with Crippen molar-refractivity contribution in [2.24, 2.45) is 0 Å². The van der Waals surface area contributed by atoms with Gasteiger partial charge in [-0.3, -0.25) is 15.1 Å². The molecule has 6 nitrogen and oxygen atoms in total. The van der Waals surface area contributed by atoms with Crippen molar-refractivity contribution < 1.29 is 4.79 Å². The van der Waals surface area contributed by atoms with Gasteiger partial charge in [-0.1, -0.05) is 62.0 Å². The lowest BCUT2D eigenvalue weighted by Gasteiger charge is -2.16. The molecule has 0 aromatic heterocycles. The Bertz CT molecular complexity index is 1240. The summed E-state index contributed by atoms with van der Waals surface area (Å²) in [6.45, 7) is 13.5. The lowest BCUT2D eigenvalue weighted by atomic mass is 10.1. The first-order chi connectivity index (χ1) is 19.7. The number of nitrogens with one attached hydrogen (secondary N) is 2. The number of carbonyl (C=O) groups is 1. The summed E-state index contributed by atoms with van der Waals surface area (Å²) in [6.07, 6.45) is 2.52. The number of rotatable bonds is 7. The molecule has 8 heteroatoms. The number of hydrogen-bond acceptors (Lipinski definition) is 7. The summed E-state index contributed by atoms with van der Waals surface area (Å²) in [5.41, 5.74) is 6.57. The Morgan fingerprint density at radius 2 is 1.63 bits per heavy atom. The van der Waals surface area contributed by atoms with Gasteiger partial charge in [0.15, 0.2) is 5.17 Å². The second-order valence-electron chi connectivity index (χ2n) is 8.65. The van der Waals surface area contributed by atoms with E-state index < -0.39 is 0 Å². The second kappa shape index (κ2) is 22.1. The minimum absolute atomic E-state index is 0.233. The highest BCUT2D eigenvalue weighted by Crippen LogP contribution is 2.25. The van der Waals surface area contributed by atoms with E-state index in [0.717, 1.165) is 22.7 Å². The summed E-state index contributed by atoms with van der Waals surface area (Å²) in [5, 5.41) is 21.4. The molecule has 0 aliphatic rings. The molecule has 0 saturated heterocycles. The van der Waals surface area contributed by atoms with Gasteiger partial charge in [0, 0.05) is 36.9 Å². The first-order valence-electron chi connectivity index (χ1n) is 13.5. The van der Waals surface area contributed by atoms with Gasteiger partial charge in [0.2, 0.25) is 6.41 Å². The number of nitriles is 1. The SMILES string of the molecule is C/C=C\SC(=N)N(C=O)Cc1ccccc1.CC.CCNc1ccc(C#N)cc1.Cc1cc(S)c(N(C)C)cc1C. The Morgan fingerprint density at radius 3 is 2.12 bits per heavy atom. The number of amides is 1. The van der Waals surface area contributed by atoms with Gasteiger partial charge < -0.3 is 10.2 Å². The molecule has 0 aliphatic carbocycles. The molecular weight excluding hydrogens is 547 g/mol. The lowest BCUT2D eigenvalue weighted by molar-refractivity contribution is -0.115. The summed E-state index contributed by atoms with van der Waals surface area (Å²) in [6, 6.07) is 23.4. The number of anilines is 2. The minimum atomic E-state index is 0.233. The standard InChI is InChI=1S/C12H14N2OS.C10H15NS.C9H10N2.C2H6/c1-2-8-16-12(13)14(10-15)9-11-6-4-3-5-7-11;1-7-5-9(11(3)4)10(12)6-8(7)2;1-2-11-9-5-3-8(7-10)4-6-9;1-2/h2-8,10,13H,9H2,1H3;5-6,12H,1-4H3;3-6,11H,2H2,1H3;1-2H3/b8-2-,13-12?;;;. The summed E-state index contributed by atoms with van der Waals surface area (Å²) in [4.78, 5) is 15.4. The molecule has 0 spiro atoms. The van der Waals surface area contributed by atoms with Crippen LogP contribution in [0.15, 0.2) is 83.1 Å². The largest absolute Gasteiger partial charge is 0.385 e. The Balaban J connectivity index is 0.000000578. The van der Waals surface area contributed by atoms with Crippen LogP contribution in [0.25, 0.3) is 0 Å². The molecule has 3 aromatic carbocycles. The van der Waals surface area contributed by atoms with E-state index in [1.54, 1.807) is 17.5 Å². The number of allylic oxidation sites excluding steroid dienone is 1. The average Bonchev–Trinajstić information content (AvgIpc) is 2.99. The normalized spacial score (nSPS) is 9.46. The van der Waals surface area contributed by atoms with Crippen LogP contribution < -0.4 is 10.2 Å². The summed E-state index contributed by atoms with van der Waals surface area (Å²) < 4.78 is 0. The van der Waals surface area contributed by atoms with Gasteiger partial charge in [0.05, 0.1) is 18.2 Å². The third-order valence-corrected chi connectivity index (χ3v) is 6.59. The molecule has 0 atom stereocenters. The van der Waals surface area contributed by atoms with Gasteiger partial charge in [-0.15, -0.1) is 12.6 Å². The van der Waals surface area contributed by atoms with Crippen LogP contribution in [0, 0.1) is 30.6 Å². The van der Waals surface area contributed by atoms with E-state index in [-0.39, 0.29) is 5.17 Å². The highest BCUT2D eigenvalue weighted by molar-refractivity contribution is 8.16. The topological polar surface area (TPSA) is 83.2 Å². The van der Waals surface area contributed by atoms with Crippen LogP contribution in [0.4, 0.5) is 11.4 Å². The minimum Gasteiger partial charge on any atom is -0.385 e. The van der Waals surface area contributed by atoms with Gasteiger partial charge in [-0.25, -0.2) is 0 Å². The first-order valence-corrected chi connectivity index (χ1v) is 14.8. The Morgan fingerprint density at radius 1 is 1.05 bits per heavy atom. The number of nitrogens with zero attached hydrogens (tertiary/aromatic N) is 3. The van der Waals surface area contributed by atoms with E-state index in [1.165, 1.54) is 33.5 Å². The molecule has 0 unspecified atom stereocenters. The smallest absolute Gasteiger partial charge is 0.216 e. The lowest BCUT2D eigenvalue weighted by Crippen LogP contribution is -2.25. The highest BCUT2D eigenvalue weighted by atomic mass is 32.2. The van der Waals surface area contributed by atoms with E-state index in [1.807, 2.05) is 90.3 Å². The van der Waals surface area contributed by atoms with Crippen LogP contribution in [-0.2, 0) is 11.3 Å². The van der Waals surface area contributed by atoms with Gasteiger partial charge in [0.1, 0.15) is 0 Å². The molecular formula is C33H45N5OS2. The van der Waals surface area contributed by atoms with Gasteiger partial charge in [-0.05, 0) is 86.2 Å². The Kier molecular flexibility index (Phi) is 20.1. The van der Waals surface area contributed by atoms with Gasteiger partial charge in [0.25, 0.3) is 0 Å². The molecule has 3 aromatic rings. The van der Waals surface area contributed by atoms with E-state index in [2.05, 4.69) is 54.9 Å². The quantitative estimate of drug-likeness (QED) is 0.111. The number of thioether (sulfide) groups is 1. The van der Waals surface area contributed by atoms with Crippen LogP contribution >= 0.6 is 24.4 Å². The Hall–Kier alpha value is -3.67. The van der Waals surface area contributed by atoms with Crippen molar-refractivity contribution in [2.75, 3.05) is 30.9 Å². The number of amidine groups is 1. The molecule has 3 rings (SSSR count). The van der Waals surface area contributed by atoms with Crippen molar-refractivity contribution in [3.63, 3.8) is 0 Å². The van der Waals surface area contributed by atoms with E-state index in [0.29, 0.717) is 18.5 Å². The Labute approximate surface area is 257 Å². The van der Waals surface area contributed by atoms with Crippen molar-refractivity contribution in [3.8, 4) is 6.07 Å². The fourth-order valence-electron chi connectivity index (χ4n) is 3.15. The molecule has 41 heavy (non-hydrogen) atoms. The number of thiol groups is 1. The molecule has 220 valence electrons. The van der Waals surface area contributed by atoms with Crippen molar-refractivity contribution in [3.05, 3.63) is 100 Å². The zero-order chi connectivity index (χ0) is 31.2. The molecule has 0 bridgehead atoms. The zero-order valence-electron chi connectivity index (χ0n) is 25.6. The number of aryl methyl sites for hydroxylation is 2. The van der Waals surface area contributed by atoms with Gasteiger partial charge >= 0.3 is 0 Å². The van der Waals surface area contributed by atoms with Crippen LogP contribution in [-0.4, -0.2) is 37.1 Å². The van der Waals surface area contributed by atoms with Crippen LogP contribution in [0.5, 0.6) is 0 Å². The van der Waals surface area contributed by atoms with E-state index in [4.69, 9.17) is 10.7 Å². The summed E-state index contributed by atoms with van der Waals surface area (Å²) in [5.74, 6) is 0. The predicted octanol–water partition coefficient (Wildman–Crippen LogP) is 8.52. The van der Waals surface area contributed by atoms with Crippen molar-refractivity contribution in [1.29, 1.82) is 10.7 Å². The van der Waals surface area contributed by atoms with Gasteiger partial charge in [-0.2, -0.15) is 5.26 Å². The molecule has 0 radical (unpaired) electrons. The summed E-state index contributed by atoms with van der Waals surface area (Å²) >= 11 is 5.64. The third kappa shape index (κ3) is 15.1. The van der Waals surface area contributed by atoms with Crippen LogP contribution in [0.2, 0.25) is 0 Å². The number of hydrogen-bond donors (Lipinski definition) is 3. The maximum atomic E-state index is 10.9.